The monoisotopic (exact) mass is 321 g/mol. The molecule has 1 N–H and O–H groups in total. The molecule has 5 nitrogen and oxygen atoms in total. The molecule has 0 aliphatic heterocycles. The summed E-state index contributed by atoms with van der Waals surface area (Å²) in [4.78, 5) is 20.4. The largest absolute Gasteiger partial charge is 0.441 e. The van der Waals surface area contributed by atoms with Gasteiger partial charge in [0.25, 0.3) is 5.91 Å². The molecule has 3 rings (SSSR count). The number of nitrogens with one attached hydrogen (secondary N) is 1. The summed E-state index contributed by atoms with van der Waals surface area (Å²) in [7, 11) is 0. The van der Waals surface area contributed by atoms with Gasteiger partial charge in [-0.3, -0.25) is 9.78 Å². The van der Waals surface area contributed by atoms with Crippen LogP contribution in [0.2, 0.25) is 0 Å². The van der Waals surface area contributed by atoms with Gasteiger partial charge in [-0.05, 0) is 38.1 Å². The fourth-order valence-electron chi connectivity index (χ4n) is 2.38. The molecule has 0 bridgehead atoms. The van der Waals surface area contributed by atoms with E-state index in [0.29, 0.717) is 24.4 Å². The zero-order valence-electron chi connectivity index (χ0n) is 13.7. The number of benzene rings is 1. The summed E-state index contributed by atoms with van der Waals surface area (Å²) < 4.78 is 5.75. The van der Waals surface area contributed by atoms with Crippen LogP contribution < -0.4 is 5.32 Å². The molecule has 0 fully saturated rings. The maximum atomic E-state index is 12.0. The molecule has 0 atom stereocenters. The number of aryl methyl sites for hydroxylation is 2. The van der Waals surface area contributed by atoms with E-state index in [2.05, 4.69) is 15.3 Å². The Hall–Kier alpha value is -2.95. The van der Waals surface area contributed by atoms with Crippen molar-refractivity contribution in [3.8, 4) is 11.5 Å². The second-order valence-electron chi connectivity index (χ2n) is 5.63. The van der Waals surface area contributed by atoms with Crippen molar-refractivity contribution in [1.82, 2.24) is 15.3 Å². The molecule has 0 aliphatic carbocycles. The Morgan fingerprint density at radius 1 is 1.08 bits per heavy atom. The number of carbonyl (C=O) groups is 1. The van der Waals surface area contributed by atoms with Gasteiger partial charge >= 0.3 is 0 Å². The van der Waals surface area contributed by atoms with Crippen molar-refractivity contribution in [1.29, 1.82) is 0 Å². The van der Waals surface area contributed by atoms with Crippen LogP contribution in [0.25, 0.3) is 11.5 Å². The molecule has 1 aromatic carbocycles. The van der Waals surface area contributed by atoms with Crippen LogP contribution in [0.1, 0.15) is 27.4 Å². The Kier molecular flexibility index (Phi) is 4.70. The number of nitrogens with zero attached hydrogens (tertiary/aromatic N) is 2. The minimum Gasteiger partial charge on any atom is -0.441 e. The molecule has 3 aromatic rings. The summed E-state index contributed by atoms with van der Waals surface area (Å²) in [5, 5.41) is 2.88. The van der Waals surface area contributed by atoms with Gasteiger partial charge in [0.15, 0.2) is 0 Å². The van der Waals surface area contributed by atoms with E-state index in [-0.39, 0.29) is 5.91 Å². The maximum Gasteiger partial charge on any atom is 0.251 e. The number of amides is 1. The number of pyridine rings is 1. The molecule has 0 aliphatic rings. The molecule has 122 valence electrons. The molecule has 2 aromatic heterocycles. The van der Waals surface area contributed by atoms with Crippen LogP contribution in [-0.4, -0.2) is 22.4 Å². The molecule has 1 amide bonds. The van der Waals surface area contributed by atoms with Crippen LogP contribution in [-0.2, 0) is 6.42 Å². The third-order valence-electron chi connectivity index (χ3n) is 3.78. The summed E-state index contributed by atoms with van der Waals surface area (Å²) in [5.74, 6) is 1.28. The van der Waals surface area contributed by atoms with Crippen molar-refractivity contribution < 1.29 is 9.21 Å². The Bertz CT molecular complexity index is 824. The van der Waals surface area contributed by atoms with Crippen LogP contribution in [0.4, 0.5) is 0 Å². The Balaban J connectivity index is 1.62. The third-order valence-corrected chi connectivity index (χ3v) is 3.78. The average Bonchev–Trinajstić information content (AvgIpc) is 2.97. The van der Waals surface area contributed by atoms with Crippen molar-refractivity contribution in [3.63, 3.8) is 0 Å². The first-order valence-electron chi connectivity index (χ1n) is 7.85. The fraction of sp³-hybridized carbons (Fsp3) is 0.211. The van der Waals surface area contributed by atoms with E-state index >= 15 is 0 Å². The summed E-state index contributed by atoms with van der Waals surface area (Å²) >= 11 is 0. The number of hydrogen-bond acceptors (Lipinski definition) is 4. The standard InChI is InChI=1S/C19H19N3O2/c1-13-3-5-16(6-4-13)19-22-17(14(2)24-19)9-12-21-18(23)15-7-10-20-11-8-15/h3-8,10-11H,9,12H2,1-2H3,(H,21,23). The van der Waals surface area contributed by atoms with E-state index in [1.807, 2.05) is 38.1 Å². The highest BCUT2D eigenvalue weighted by Gasteiger charge is 2.12. The van der Waals surface area contributed by atoms with Gasteiger partial charge < -0.3 is 9.73 Å². The van der Waals surface area contributed by atoms with Gasteiger partial charge in [0.2, 0.25) is 5.89 Å². The van der Waals surface area contributed by atoms with Gasteiger partial charge in [0, 0.05) is 36.5 Å². The van der Waals surface area contributed by atoms with Crippen LogP contribution >= 0.6 is 0 Å². The molecule has 0 saturated heterocycles. The highest BCUT2D eigenvalue weighted by Crippen LogP contribution is 2.22. The smallest absolute Gasteiger partial charge is 0.251 e. The Morgan fingerprint density at radius 2 is 1.79 bits per heavy atom. The van der Waals surface area contributed by atoms with Gasteiger partial charge in [-0.2, -0.15) is 0 Å². The molecule has 2 heterocycles. The molecule has 24 heavy (non-hydrogen) atoms. The number of hydrogen-bond donors (Lipinski definition) is 1. The number of oxazole rings is 1. The molecule has 0 saturated carbocycles. The molecule has 5 heteroatoms. The number of carbonyl (C=O) groups excluding carboxylic acids is 1. The van der Waals surface area contributed by atoms with Crippen molar-refractivity contribution in [2.24, 2.45) is 0 Å². The quantitative estimate of drug-likeness (QED) is 0.782. The summed E-state index contributed by atoms with van der Waals surface area (Å²) in [6.07, 6.45) is 3.83. The molecular weight excluding hydrogens is 302 g/mol. The minimum absolute atomic E-state index is 0.114. The molecule has 0 radical (unpaired) electrons. The number of rotatable bonds is 5. The fourth-order valence-corrected chi connectivity index (χ4v) is 2.38. The first-order valence-corrected chi connectivity index (χ1v) is 7.85. The second kappa shape index (κ2) is 7.08. The molecular formula is C19H19N3O2. The highest BCUT2D eigenvalue weighted by molar-refractivity contribution is 5.93. The van der Waals surface area contributed by atoms with Crippen molar-refractivity contribution in [3.05, 3.63) is 71.4 Å². The van der Waals surface area contributed by atoms with E-state index in [1.54, 1.807) is 24.5 Å². The predicted molar refractivity (Wildman–Crippen MR) is 91.7 cm³/mol. The lowest BCUT2D eigenvalue weighted by Gasteiger charge is -2.03. The SMILES string of the molecule is Cc1ccc(-c2nc(CCNC(=O)c3ccncc3)c(C)o2)cc1. The van der Waals surface area contributed by atoms with E-state index in [0.717, 1.165) is 17.0 Å². The zero-order chi connectivity index (χ0) is 16.9. The third kappa shape index (κ3) is 3.68. The average molecular weight is 321 g/mol. The van der Waals surface area contributed by atoms with Gasteiger partial charge in [0.05, 0.1) is 5.69 Å². The maximum absolute atomic E-state index is 12.0. The molecule has 0 spiro atoms. The van der Waals surface area contributed by atoms with Crippen molar-refractivity contribution in [2.45, 2.75) is 20.3 Å². The van der Waals surface area contributed by atoms with Crippen molar-refractivity contribution in [2.75, 3.05) is 6.54 Å². The normalized spacial score (nSPS) is 10.6. The lowest BCUT2D eigenvalue weighted by molar-refractivity contribution is 0.0954. The van der Waals surface area contributed by atoms with E-state index in [1.165, 1.54) is 5.56 Å². The molecule has 0 unspecified atom stereocenters. The van der Waals surface area contributed by atoms with Crippen LogP contribution in [0.5, 0.6) is 0 Å². The predicted octanol–water partition coefficient (Wildman–Crippen LogP) is 3.33. The first kappa shape index (κ1) is 15.9. The Morgan fingerprint density at radius 3 is 2.50 bits per heavy atom. The lowest BCUT2D eigenvalue weighted by atomic mass is 10.1. The Labute approximate surface area is 140 Å². The number of aromatic nitrogens is 2. The van der Waals surface area contributed by atoms with E-state index in [4.69, 9.17) is 4.42 Å². The van der Waals surface area contributed by atoms with Gasteiger partial charge in [-0.25, -0.2) is 4.98 Å². The van der Waals surface area contributed by atoms with Gasteiger partial charge in [-0.15, -0.1) is 0 Å². The van der Waals surface area contributed by atoms with E-state index in [9.17, 15) is 4.79 Å². The zero-order valence-corrected chi connectivity index (χ0v) is 13.7. The first-order chi connectivity index (χ1) is 11.6. The second-order valence-corrected chi connectivity index (χ2v) is 5.63. The van der Waals surface area contributed by atoms with Gasteiger partial charge in [-0.1, -0.05) is 17.7 Å². The van der Waals surface area contributed by atoms with Crippen molar-refractivity contribution >= 4 is 5.91 Å². The van der Waals surface area contributed by atoms with E-state index < -0.39 is 0 Å². The van der Waals surface area contributed by atoms with Gasteiger partial charge in [0.1, 0.15) is 5.76 Å². The highest BCUT2D eigenvalue weighted by atomic mass is 16.4. The summed E-state index contributed by atoms with van der Waals surface area (Å²) in [5.41, 5.74) is 3.61. The summed E-state index contributed by atoms with van der Waals surface area (Å²) in [6.45, 7) is 4.44. The lowest BCUT2D eigenvalue weighted by Crippen LogP contribution is -2.25. The van der Waals surface area contributed by atoms with Crippen LogP contribution in [0, 0.1) is 13.8 Å². The minimum atomic E-state index is -0.114. The summed E-state index contributed by atoms with van der Waals surface area (Å²) in [6, 6.07) is 11.4. The van der Waals surface area contributed by atoms with Crippen LogP contribution in [0.15, 0.2) is 53.2 Å². The topological polar surface area (TPSA) is 68.0 Å². The van der Waals surface area contributed by atoms with Crippen LogP contribution in [0.3, 0.4) is 0 Å².